The molecule has 0 radical (unpaired) electrons. The molecule has 3 aromatic rings. The lowest BCUT2D eigenvalue weighted by atomic mass is 10.2. The van der Waals surface area contributed by atoms with E-state index < -0.39 is 0 Å². The lowest BCUT2D eigenvalue weighted by Gasteiger charge is -2.05. The number of nitrogens with zero attached hydrogens (tertiary/aromatic N) is 2. The molecule has 3 rings (SSSR count). The summed E-state index contributed by atoms with van der Waals surface area (Å²) in [6.45, 7) is 1.89. The minimum Gasteiger partial charge on any atom is -0.508 e. The highest BCUT2D eigenvalue weighted by molar-refractivity contribution is 5.85. The topological polar surface area (TPSA) is 38.1 Å². The molecule has 0 fully saturated rings. The van der Waals surface area contributed by atoms with E-state index in [4.69, 9.17) is 0 Å². The van der Waals surface area contributed by atoms with Crippen molar-refractivity contribution in [3.05, 3.63) is 54.4 Å². The third kappa shape index (κ3) is 1.93. The Bertz CT molecular complexity index is 677. The summed E-state index contributed by atoms with van der Waals surface area (Å²) < 4.78 is 2.02. The number of phenols is 1. The molecule has 0 aliphatic carbocycles. The summed E-state index contributed by atoms with van der Waals surface area (Å²) in [6.07, 6.45) is 1.78. The molecule has 0 saturated carbocycles. The van der Waals surface area contributed by atoms with Crippen LogP contribution < -0.4 is 0 Å². The average molecular weight is 261 g/mol. The normalized spacial score (nSPS) is 10.3. The van der Waals surface area contributed by atoms with E-state index in [1.54, 1.807) is 12.4 Å². The summed E-state index contributed by atoms with van der Waals surface area (Å²) in [6, 6.07) is 13.7. The summed E-state index contributed by atoms with van der Waals surface area (Å²) in [5.41, 5.74) is 3.73. The quantitative estimate of drug-likeness (QED) is 0.728. The van der Waals surface area contributed by atoms with Gasteiger partial charge < -0.3 is 5.11 Å². The molecular weight excluding hydrogens is 248 g/mol. The van der Waals surface area contributed by atoms with Crippen molar-refractivity contribution in [2.75, 3.05) is 0 Å². The summed E-state index contributed by atoms with van der Waals surface area (Å²) >= 11 is 0. The second-order valence-corrected chi connectivity index (χ2v) is 4.08. The van der Waals surface area contributed by atoms with Crippen molar-refractivity contribution < 1.29 is 5.11 Å². The van der Waals surface area contributed by atoms with Crippen LogP contribution in [0.2, 0.25) is 0 Å². The maximum atomic E-state index is 9.65. The molecule has 1 aromatic heterocycles. The van der Waals surface area contributed by atoms with Crippen LogP contribution in [-0.2, 0) is 0 Å². The zero-order valence-electron chi connectivity index (χ0n) is 9.87. The molecule has 18 heavy (non-hydrogen) atoms. The first-order valence-corrected chi connectivity index (χ1v) is 5.48. The van der Waals surface area contributed by atoms with Gasteiger partial charge in [-0.05, 0) is 30.7 Å². The van der Waals surface area contributed by atoms with Gasteiger partial charge in [0.05, 0.1) is 11.0 Å². The van der Waals surface area contributed by atoms with Crippen LogP contribution in [0.15, 0.2) is 48.8 Å². The molecule has 1 heterocycles. The van der Waals surface area contributed by atoms with Crippen LogP contribution in [0.5, 0.6) is 5.75 Å². The second-order valence-electron chi connectivity index (χ2n) is 4.08. The molecule has 0 amide bonds. The Kier molecular flexibility index (Phi) is 3.26. The number of phenolic OH excluding ortho intramolecular Hbond substituents is 1. The van der Waals surface area contributed by atoms with Gasteiger partial charge in [-0.1, -0.05) is 18.2 Å². The Labute approximate surface area is 111 Å². The number of fused-ring (bicyclic) bond motifs is 1. The molecule has 0 spiro atoms. The predicted octanol–water partition coefficient (Wildman–Crippen LogP) is 3.46. The standard InChI is InChI=1S/C14H12N2O.ClH/c1-10-7-13-12(8-14(10)17)15-9-16(13)11-5-3-2-4-6-11;/h2-9,17H,1H3;1H. The molecular formula is C14H13ClN2O. The predicted molar refractivity (Wildman–Crippen MR) is 74.7 cm³/mol. The van der Waals surface area contributed by atoms with E-state index in [2.05, 4.69) is 4.98 Å². The van der Waals surface area contributed by atoms with Crippen LogP contribution in [-0.4, -0.2) is 14.7 Å². The van der Waals surface area contributed by atoms with Crippen LogP contribution in [0.4, 0.5) is 0 Å². The van der Waals surface area contributed by atoms with E-state index in [9.17, 15) is 5.11 Å². The third-order valence-corrected chi connectivity index (χ3v) is 2.90. The van der Waals surface area contributed by atoms with Gasteiger partial charge in [0.15, 0.2) is 0 Å². The number of imidazole rings is 1. The van der Waals surface area contributed by atoms with Gasteiger partial charge in [0.25, 0.3) is 0 Å². The summed E-state index contributed by atoms with van der Waals surface area (Å²) in [5.74, 6) is 0.288. The van der Waals surface area contributed by atoms with Gasteiger partial charge in [0, 0.05) is 11.8 Å². The number of aryl methyl sites for hydroxylation is 1. The van der Waals surface area contributed by atoms with Gasteiger partial charge in [0.1, 0.15) is 12.1 Å². The van der Waals surface area contributed by atoms with Gasteiger partial charge in [-0.15, -0.1) is 12.4 Å². The maximum absolute atomic E-state index is 9.65. The van der Waals surface area contributed by atoms with E-state index in [0.717, 1.165) is 22.3 Å². The second kappa shape index (κ2) is 4.70. The van der Waals surface area contributed by atoms with E-state index in [-0.39, 0.29) is 18.2 Å². The van der Waals surface area contributed by atoms with Crippen molar-refractivity contribution in [2.45, 2.75) is 6.92 Å². The molecule has 0 unspecified atom stereocenters. The van der Waals surface area contributed by atoms with Crippen LogP contribution in [0.1, 0.15) is 5.56 Å². The Morgan fingerprint density at radius 2 is 1.83 bits per heavy atom. The number of benzene rings is 2. The molecule has 2 aromatic carbocycles. The van der Waals surface area contributed by atoms with Crippen molar-refractivity contribution in [2.24, 2.45) is 0 Å². The molecule has 0 saturated heterocycles. The van der Waals surface area contributed by atoms with E-state index in [1.807, 2.05) is 47.9 Å². The van der Waals surface area contributed by atoms with Gasteiger partial charge in [0.2, 0.25) is 0 Å². The first-order valence-electron chi connectivity index (χ1n) is 5.48. The number of hydrogen-bond donors (Lipinski definition) is 1. The first kappa shape index (κ1) is 12.5. The van der Waals surface area contributed by atoms with Crippen LogP contribution in [0.3, 0.4) is 0 Å². The summed E-state index contributed by atoms with van der Waals surface area (Å²) in [5, 5.41) is 9.65. The number of hydrogen-bond acceptors (Lipinski definition) is 2. The lowest BCUT2D eigenvalue weighted by molar-refractivity contribution is 0.472. The Hall–Kier alpha value is -2.00. The highest BCUT2D eigenvalue weighted by Gasteiger charge is 2.07. The fraction of sp³-hybridized carbons (Fsp3) is 0.0714. The largest absolute Gasteiger partial charge is 0.508 e. The molecule has 0 aliphatic rings. The van der Waals surface area contributed by atoms with Gasteiger partial charge in [-0.2, -0.15) is 0 Å². The van der Waals surface area contributed by atoms with Crippen molar-refractivity contribution in [1.29, 1.82) is 0 Å². The molecule has 1 N–H and O–H groups in total. The zero-order chi connectivity index (χ0) is 11.8. The monoisotopic (exact) mass is 260 g/mol. The van der Waals surface area contributed by atoms with Crippen molar-refractivity contribution in [3.63, 3.8) is 0 Å². The smallest absolute Gasteiger partial charge is 0.120 e. The number of aromatic nitrogens is 2. The SMILES string of the molecule is Cc1cc2c(cc1O)ncn2-c1ccccc1.Cl. The van der Waals surface area contributed by atoms with E-state index in [1.165, 1.54) is 0 Å². The number of rotatable bonds is 1. The number of halogens is 1. The fourth-order valence-corrected chi connectivity index (χ4v) is 1.94. The zero-order valence-corrected chi connectivity index (χ0v) is 10.7. The fourth-order valence-electron chi connectivity index (χ4n) is 1.94. The minimum atomic E-state index is 0. The lowest BCUT2D eigenvalue weighted by Crippen LogP contribution is -1.91. The van der Waals surface area contributed by atoms with E-state index in [0.29, 0.717) is 0 Å². The highest BCUT2D eigenvalue weighted by atomic mass is 35.5. The van der Waals surface area contributed by atoms with Crippen LogP contribution >= 0.6 is 12.4 Å². The minimum absolute atomic E-state index is 0. The average Bonchev–Trinajstić information content (AvgIpc) is 2.74. The van der Waals surface area contributed by atoms with Crippen LogP contribution in [0.25, 0.3) is 16.7 Å². The van der Waals surface area contributed by atoms with Crippen LogP contribution in [0, 0.1) is 6.92 Å². The Morgan fingerprint density at radius 1 is 1.11 bits per heavy atom. The van der Waals surface area contributed by atoms with Crippen molar-refractivity contribution in [1.82, 2.24) is 9.55 Å². The Balaban J connectivity index is 0.00000120. The molecule has 92 valence electrons. The molecule has 3 nitrogen and oxygen atoms in total. The number of aromatic hydroxyl groups is 1. The van der Waals surface area contributed by atoms with Crippen molar-refractivity contribution in [3.8, 4) is 11.4 Å². The van der Waals surface area contributed by atoms with Gasteiger partial charge in [-0.3, -0.25) is 4.57 Å². The van der Waals surface area contributed by atoms with Gasteiger partial charge in [-0.25, -0.2) is 4.98 Å². The maximum Gasteiger partial charge on any atom is 0.120 e. The number of para-hydroxylation sites is 1. The summed E-state index contributed by atoms with van der Waals surface area (Å²) in [4.78, 5) is 4.30. The van der Waals surface area contributed by atoms with Gasteiger partial charge >= 0.3 is 0 Å². The highest BCUT2D eigenvalue weighted by Crippen LogP contribution is 2.25. The first-order chi connectivity index (χ1) is 8.25. The molecule has 4 heteroatoms. The molecule has 0 atom stereocenters. The molecule has 0 aliphatic heterocycles. The van der Waals surface area contributed by atoms with E-state index >= 15 is 0 Å². The van der Waals surface area contributed by atoms with Crippen molar-refractivity contribution >= 4 is 23.4 Å². The third-order valence-electron chi connectivity index (χ3n) is 2.90. The molecule has 0 bridgehead atoms. The summed E-state index contributed by atoms with van der Waals surface area (Å²) in [7, 11) is 0. The Morgan fingerprint density at radius 3 is 2.56 bits per heavy atom.